The van der Waals surface area contributed by atoms with Crippen LogP contribution < -0.4 is 0 Å². The Morgan fingerprint density at radius 2 is 1.88 bits per heavy atom. The van der Waals surface area contributed by atoms with Gasteiger partial charge in [-0.05, 0) is 0 Å². The Labute approximate surface area is 68.2 Å². The molecular weight excluding hydrogens is 254 g/mol. The van der Waals surface area contributed by atoms with E-state index in [9.17, 15) is 0 Å². The van der Waals surface area contributed by atoms with Crippen LogP contribution in [-0.4, -0.2) is 26.7 Å². The molecule has 0 aliphatic rings. The van der Waals surface area contributed by atoms with Gasteiger partial charge in [-0.3, -0.25) is 0 Å². The van der Waals surface area contributed by atoms with Gasteiger partial charge in [-0.2, -0.15) is 0 Å². The first-order valence-corrected chi connectivity index (χ1v) is 9.91. The van der Waals surface area contributed by atoms with Crippen molar-refractivity contribution in [3.8, 4) is 0 Å². The van der Waals surface area contributed by atoms with E-state index >= 15 is 0 Å². The number of rotatable bonds is 2. The van der Waals surface area contributed by atoms with Gasteiger partial charge >= 0.3 is 68.3 Å². The Hall–Kier alpha value is 1.47. The summed E-state index contributed by atoms with van der Waals surface area (Å²) in [5.74, 6) is 0. The average Bonchev–Trinajstić information content (AvgIpc) is 1.68. The third-order valence-corrected chi connectivity index (χ3v) is 11.3. The van der Waals surface area contributed by atoms with Gasteiger partial charge in [-0.25, -0.2) is 0 Å². The van der Waals surface area contributed by atoms with Gasteiger partial charge < -0.3 is 0 Å². The maximum absolute atomic E-state index is 5.35. The van der Waals surface area contributed by atoms with Crippen LogP contribution in [0, 0.1) is 0 Å². The Kier molecular flexibility index (Phi) is 3.08. The predicted octanol–water partition coefficient (Wildman–Crippen LogP) is 2.99. The summed E-state index contributed by atoms with van der Waals surface area (Å²) in [6, 6.07) is 0. The average molecular weight is 266 g/mol. The number of hydrogen-bond donors (Lipinski definition) is 0. The molecule has 8 heavy (non-hydrogen) atoms. The van der Waals surface area contributed by atoms with Crippen LogP contribution in [0.2, 0.25) is 0 Å². The molecule has 0 radical (unpaired) electrons. The summed E-state index contributed by atoms with van der Waals surface area (Å²) >= 11 is 4.23. The second-order valence-corrected chi connectivity index (χ2v) is 20.9. The van der Waals surface area contributed by atoms with Crippen molar-refractivity contribution in [3.05, 3.63) is 0 Å². The molecule has 4 heteroatoms. The third kappa shape index (κ3) is 3.49. The Balaban J connectivity index is 3.99. The van der Waals surface area contributed by atoms with E-state index in [4.69, 9.17) is 4.52 Å². The van der Waals surface area contributed by atoms with Gasteiger partial charge in [0.2, 0.25) is 0 Å². The zero-order chi connectivity index (χ0) is 6.86. The van der Waals surface area contributed by atoms with Gasteiger partial charge in [-0.1, -0.05) is 0 Å². The molecule has 0 aromatic carbocycles. The molecule has 1 nitrogen and oxygen atoms in total. The van der Waals surface area contributed by atoms with E-state index in [1.165, 1.54) is 0 Å². The van der Waals surface area contributed by atoms with Crippen LogP contribution in [0.1, 0.15) is 0 Å². The molecule has 0 saturated carbocycles. The van der Waals surface area contributed by atoms with Gasteiger partial charge in [0.25, 0.3) is 0 Å². The van der Waals surface area contributed by atoms with Crippen molar-refractivity contribution in [2.45, 2.75) is 0 Å². The van der Waals surface area contributed by atoms with Crippen molar-refractivity contribution in [2.24, 2.45) is 0 Å². The normalized spacial score (nSPS) is 17.4. The molecule has 0 aromatic heterocycles. The third-order valence-electron chi connectivity index (χ3n) is 1.02. The van der Waals surface area contributed by atoms with Gasteiger partial charge in [0.05, 0.1) is 0 Å². The Bertz CT molecular complexity index is 79.8. The zero-order valence-electron chi connectivity index (χ0n) is 5.64. The van der Waals surface area contributed by atoms with Gasteiger partial charge in [0, 0.05) is 0 Å². The van der Waals surface area contributed by atoms with Crippen molar-refractivity contribution in [1.82, 2.24) is 0 Å². The molecule has 0 unspecified atom stereocenters. The fraction of sp³-hybridized carbons (Fsp3) is 1.00. The van der Waals surface area contributed by atoms with Crippen molar-refractivity contribution in [1.29, 1.82) is 0 Å². The predicted molar refractivity (Wildman–Crippen MR) is 53.3 cm³/mol. The Morgan fingerprint density at radius 1 is 1.50 bits per heavy atom. The van der Waals surface area contributed by atoms with Crippen LogP contribution >= 0.6 is 37.1 Å². The van der Waals surface area contributed by atoms with Crippen molar-refractivity contribution < 1.29 is 4.52 Å². The fourth-order valence-electron chi connectivity index (χ4n) is 0.0745. The van der Waals surface area contributed by atoms with Gasteiger partial charge in [-0.15, -0.1) is 0 Å². The summed E-state index contributed by atoms with van der Waals surface area (Å²) in [6.07, 6.45) is 2.09. The van der Waals surface area contributed by atoms with Gasteiger partial charge in [0.1, 0.15) is 0 Å². The van der Waals surface area contributed by atoms with Crippen LogP contribution in [0.3, 0.4) is 0 Å². The van der Waals surface area contributed by atoms with Crippen LogP contribution in [0.15, 0.2) is 0 Å². The first kappa shape index (κ1) is 9.47. The van der Waals surface area contributed by atoms with E-state index in [1.807, 2.05) is 11.4 Å². The van der Waals surface area contributed by atoms with Gasteiger partial charge in [0.15, 0.2) is 0 Å². The number of halogens is 1. The summed E-state index contributed by atoms with van der Waals surface area (Å²) in [7, 11) is 1.78. The maximum atomic E-state index is 5.35. The molecule has 0 atom stereocenters. The van der Waals surface area contributed by atoms with Crippen molar-refractivity contribution in [2.75, 3.05) is 26.7 Å². The molecule has 0 amide bonds. The quantitative estimate of drug-likeness (QED) is 0.561. The molecule has 0 heterocycles. The molecule has 0 aromatic rings. The zero-order valence-corrected chi connectivity index (χ0v) is 9.51. The molecule has 52 valence electrons. The molecule has 0 aliphatic carbocycles. The van der Waals surface area contributed by atoms with Crippen LogP contribution in [0.25, 0.3) is 0 Å². The van der Waals surface area contributed by atoms with E-state index < -0.39 is 3.67 Å². The first-order chi connectivity index (χ1) is 3.39. The van der Waals surface area contributed by atoms with E-state index in [1.54, 1.807) is 7.11 Å². The monoisotopic (exact) mass is 266 g/mol. The molecule has 0 saturated heterocycles. The number of hydrogen-bond acceptors (Lipinski definition) is 2. The second-order valence-electron chi connectivity index (χ2n) is 2.09. The summed E-state index contributed by atoms with van der Waals surface area (Å²) < 4.78 is 3.64. The minimum atomic E-state index is -1.71. The van der Waals surface area contributed by atoms with Crippen molar-refractivity contribution in [3.63, 3.8) is 0 Å². The Morgan fingerprint density at radius 3 is 1.88 bits per heavy atom. The van der Waals surface area contributed by atoms with Crippen LogP contribution in [0.5, 0.6) is 0 Å². The SMILES string of the molecule is COP(C)(C)(I)SC. The van der Waals surface area contributed by atoms with Crippen LogP contribution in [0.4, 0.5) is 0 Å². The van der Waals surface area contributed by atoms with Crippen molar-refractivity contribution >= 4 is 37.1 Å². The van der Waals surface area contributed by atoms with E-state index in [-0.39, 0.29) is 0 Å². The standard InChI is InChI=1S/C4H12IOPS/c1-6-7(2,3,5)8-4/h1-4H3. The summed E-state index contributed by atoms with van der Waals surface area (Å²) in [4.78, 5) is 0. The molecule has 0 bridgehead atoms. The molecule has 0 N–H and O–H groups in total. The topological polar surface area (TPSA) is 9.23 Å². The minimum absolute atomic E-state index is 1.71. The van der Waals surface area contributed by atoms with E-state index in [2.05, 4.69) is 41.6 Å². The molecule has 0 fully saturated rings. The summed E-state index contributed by atoms with van der Waals surface area (Å²) in [5, 5.41) is 0. The second kappa shape index (κ2) is 2.60. The van der Waals surface area contributed by atoms with Crippen LogP contribution in [-0.2, 0) is 4.52 Å². The summed E-state index contributed by atoms with van der Waals surface area (Å²) in [5.41, 5.74) is 0. The van der Waals surface area contributed by atoms with E-state index in [0.29, 0.717) is 0 Å². The molecular formula is C4H12IOPS. The molecule has 0 aliphatic heterocycles. The van der Waals surface area contributed by atoms with E-state index in [0.717, 1.165) is 0 Å². The fourth-order valence-corrected chi connectivity index (χ4v) is 0.671. The molecule has 0 spiro atoms. The molecule has 0 rings (SSSR count). The summed E-state index contributed by atoms with van der Waals surface area (Å²) in [6.45, 7) is 4.35. The first-order valence-electron chi connectivity index (χ1n) is 2.25.